The average molecular weight is 589 g/mol. The van der Waals surface area contributed by atoms with Crippen molar-refractivity contribution in [2.45, 2.75) is 62.4 Å². The molecule has 3 aliphatic rings. The van der Waals surface area contributed by atoms with E-state index in [4.69, 9.17) is 28.4 Å². The molecule has 0 spiro atoms. The molecule has 2 aliphatic carbocycles. The summed E-state index contributed by atoms with van der Waals surface area (Å²) < 4.78 is 33.5. The van der Waals surface area contributed by atoms with Crippen molar-refractivity contribution in [3.63, 3.8) is 0 Å². The van der Waals surface area contributed by atoms with Gasteiger partial charge in [0.2, 0.25) is 5.78 Å². The van der Waals surface area contributed by atoms with Crippen LogP contribution in [-0.4, -0.2) is 109 Å². The summed E-state index contributed by atoms with van der Waals surface area (Å²) in [6, 6.07) is 3.53. The van der Waals surface area contributed by atoms with Crippen molar-refractivity contribution < 1.29 is 63.2 Å². The van der Waals surface area contributed by atoms with Crippen molar-refractivity contribution in [3.05, 3.63) is 51.6 Å². The summed E-state index contributed by atoms with van der Waals surface area (Å²) in [5.74, 6) is -3.74. The molecule has 1 fully saturated rings. The van der Waals surface area contributed by atoms with Gasteiger partial charge in [0, 0.05) is 49.6 Å². The van der Waals surface area contributed by atoms with Crippen LogP contribution in [0.25, 0.3) is 0 Å². The maximum atomic E-state index is 13.7. The first-order valence-electron chi connectivity index (χ1n) is 13.1. The van der Waals surface area contributed by atoms with Gasteiger partial charge in [0.15, 0.2) is 23.5 Å². The number of fused-ring (bicyclic) bond motifs is 3. The van der Waals surface area contributed by atoms with Crippen LogP contribution in [0, 0.1) is 0 Å². The van der Waals surface area contributed by atoms with Crippen LogP contribution >= 0.6 is 0 Å². The molecule has 1 aliphatic heterocycles. The summed E-state index contributed by atoms with van der Waals surface area (Å²) in [5.41, 5.74) is -4.09. The number of carbonyl (C=O) groups is 3. The van der Waals surface area contributed by atoms with Crippen LogP contribution in [0.4, 0.5) is 0 Å². The van der Waals surface area contributed by atoms with Gasteiger partial charge in [-0.2, -0.15) is 0 Å². The van der Waals surface area contributed by atoms with Crippen molar-refractivity contribution >= 4 is 17.3 Å². The molecule has 0 amide bonds. The van der Waals surface area contributed by atoms with Crippen molar-refractivity contribution in [1.29, 1.82) is 0 Å². The van der Waals surface area contributed by atoms with E-state index < -0.39 is 82.9 Å². The molecule has 226 valence electrons. The van der Waals surface area contributed by atoms with E-state index in [9.17, 15) is 34.8 Å². The summed E-state index contributed by atoms with van der Waals surface area (Å²) in [5, 5.41) is 44.4. The first-order chi connectivity index (χ1) is 19.8. The minimum atomic E-state index is -2.23. The smallest absolute Gasteiger partial charge is 0.201 e. The maximum absolute atomic E-state index is 13.7. The molecule has 0 bridgehead atoms. The third-order valence-electron chi connectivity index (χ3n) is 8.26. The predicted octanol–water partition coefficient (Wildman–Crippen LogP) is 1.04. The van der Waals surface area contributed by atoms with Gasteiger partial charge in [-0.25, -0.2) is 0 Å². The van der Waals surface area contributed by atoms with Crippen LogP contribution in [0.1, 0.15) is 67.7 Å². The van der Waals surface area contributed by atoms with Gasteiger partial charge in [-0.3, -0.25) is 14.4 Å². The van der Waals surface area contributed by atoms with Crippen molar-refractivity contribution in [3.8, 4) is 17.2 Å². The molecule has 0 radical (unpaired) electrons. The number of aromatic hydroxyl groups is 2. The second-order valence-corrected chi connectivity index (χ2v) is 10.6. The number of Topliss-reactive ketones (excluding diaryl/α,β-unsaturated/α-hetero) is 1. The number of ether oxygens (including phenoxy) is 6. The van der Waals surface area contributed by atoms with E-state index in [-0.39, 0.29) is 33.6 Å². The zero-order valence-corrected chi connectivity index (χ0v) is 23.7. The molecule has 13 nitrogen and oxygen atoms in total. The summed E-state index contributed by atoms with van der Waals surface area (Å²) in [7, 11) is 5.25. The summed E-state index contributed by atoms with van der Waals surface area (Å²) in [4.78, 5) is 40.9. The minimum absolute atomic E-state index is 0.112. The minimum Gasteiger partial charge on any atom is -0.507 e. The Labute approximate surface area is 240 Å². The first-order valence-corrected chi connectivity index (χ1v) is 13.1. The molecule has 4 N–H and O–H groups in total. The van der Waals surface area contributed by atoms with Crippen LogP contribution < -0.4 is 4.74 Å². The van der Waals surface area contributed by atoms with E-state index in [2.05, 4.69) is 0 Å². The number of phenols is 2. The molecule has 1 heterocycles. The number of aliphatic hydroxyl groups is 2. The molecular formula is C29H32O13. The molecule has 42 heavy (non-hydrogen) atoms. The highest BCUT2D eigenvalue weighted by molar-refractivity contribution is 6.31. The van der Waals surface area contributed by atoms with Crippen LogP contribution in [0.2, 0.25) is 0 Å². The molecule has 13 heteroatoms. The third kappa shape index (κ3) is 4.23. The maximum Gasteiger partial charge on any atom is 0.201 e. The SMILES string of the molecule is COc1cc(O)c2c(c1)C(=O)c1cc3c(c(O)c1C2=O)[C@H](O[C@@H]1O[C@@H](C)[C@H](OC)[C@@H](O)[C@H]1OC)[C@@H](OC)[C@](C)(O)C3=O. The number of phenolic OH excluding ortho intramolecular Hbond substituents is 2. The highest BCUT2D eigenvalue weighted by Crippen LogP contribution is 2.49. The lowest BCUT2D eigenvalue weighted by atomic mass is 9.72. The van der Waals surface area contributed by atoms with E-state index in [0.717, 1.165) is 12.1 Å². The summed E-state index contributed by atoms with van der Waals surface area (Å²) in [6.45, 7) is 2.83. The summed E-state index contributed by atoms with van der Waals surface area (Å²) in [6.07, 6.45) is -8.04. The number of carbonyl (C=O) groups excluding carboxylic acids is 3. The highest BCUT2D eigenvalue weighted by Gasteiger charge is 2.56. The van der Waals surface area contributed by atoms with Crippen LogP contribution in [0.5, 0.6) is 17.2 Å². The van der Waals surface area contributed by atoms with Gasteiger partial charge in [-0.05, 0) is 26.0 Å². The molecule has 1 saturated heterocycles. The highest BCUT2D eigenvalue weighted by atomic mass is 16.7. The molecule has 0 unspecified atom stereocenters. The van der Waals surface area contributed by atoms with Crippen LogP contribution in [0.15, 0.2) is 18.2 Å². The van der Waals surface area contributed by atoms with Crippen LogP contribution in [-0.2, 0) is 23.7 Å². The van der Waals surface area contributed by atoms with Gasteiger partial charge < -0.3 is 48.8 Å². The topological polar surface area (TPSA) is 188 Å². The molecule has 0 saturated carbocycles. The van der Waals surface area contributed by atoms with Crippen molar-refractivity contribution in [2.24, 2.45) is 0 Å². The Hall–Kier alpha value is -3.43. The van der Waals surface area contributed by atoms with Crippen molar-refractivity contribution in [2.75, 3.05) is 28.4 Å². The second kappa shape index (κ2) is 10.7. The van der Waals surface area contributed by atoms with Crippen molar-refractivity contribution in [1.82, 2.24) is 0 Å². The normalized spacial score (nSPS) is 32.3. The quantitative estimate of drug-likeness (QED) is 0.320. The first kappa shape index (κ1) is 30.0. The fourth-order valence-corrected chi connectivity index (χ4v) is 6.14. The van der Waals surface area contributed by atoms with Gasteiger partial charge in [0.1, 0.15) is 47.8 Å². The lowest BCUT2D eigenvalue weighted by Gasteiger charge is -2.46. The average Bonchev–Trinajstić information content (AvgIpc) is 2.94. The standard InChI is InChI=1S/C29H32O13/c1-10-23(38-4)22(34)25(39-5)28(41-10)42-24-18-14(26(35)29(2,36)27(24)40-6)9-13-17(21(18)33)20(32)16-12(19(13)31)7-11(37-3)8-15(16)30/h7-10,22-25,27-28,30,33-34,36H,1-6H3/t10-,22+,23-,24-,25+,27+,28-,29+/m0/s1. The van der Waals surface area contributed by atoms with Gasteiger partial charge >= 0.3 is 0 Å². The summed E-state index contributed by atoms with van der Waals surface area (Å²) >= 11 is 0. The second-order valence-electron chi connectivity index (χ2n) is 10.6. The molecule has 2 aromatic rings. The van der Waals surface area contributed by atoms with E-state index in [1.165, 1.54) is 41.4 Å². The van der Waals surface area contributed by atoms with Gasteiger partial charge in [-0.15, -0.1) is 0 Å². The number of rotatable bonds is 6. The fourth-order valence-electron chi connectivity index (χ4n) is 6.14. The van der Waals surface area contributed by atoms with E-state index >= 15 is 0 Å². The third-order valence-corrected chi connectivity index (χ3v) is 8.26. The van der Waals surface area contributed by atoms with Gasteiger partial charge in [0.05, 0.1) is 24.3 Å². The molecule has 2 aromatic carbocycles. The zero-order valence-electron chi connectivity index (χ0n) is 23.7. The molecule has 8 atom stereocenters. The van der Waals surface area contributed by atoms with Gasteiger partial charge in [0.25, 0.3) is 0 Å². The fraction of sp³-hybridized carbons (Fsp3) is 0.483. The number of hydrogen-bond donors (Lipinski definition) is 4. The predicted molar refractivity (Wildman–Crippen MR) is 141 cm³/mol. The zero-order chi connectivity index (χ0) is 30.8. The Balaban J connectivity index is 1.69. The molecular weight excluding hydrogens is 556 g/mol. The Bertz CT molecular complexity index is 1460. The Morgan fingerprint density at radius 1 is 0.857 bits per heavy atom. The Morgan fingerprint density at radius 3 is 2.10 bits per heavy atom. The van der Waals surface area contributed by atoms with E-state index in [1.807, 2.05) is 0 Å². The number of ketones is 3. The lowest BCUT2D eigenvalue weighted by molar-refractivity contribution is -0.323. The van der Waals surface area contributed by atoms with E-state index in [1.54, 1.807) is 6.92 Å². The number of aliphatic hydroxyl groups excluding tert-OH is 1. The Kier molecular flexibility index (Phi) is 7.64. The lowest BCUT2D eigenvalue weighted by Crippen LogP contribution is -2.61. The largest absolute Gasteiger partial charge is 0.507 e. The van der Waals surface area contributed by atoms with Crippen LogP contribution in [0.3, 0.4) is 0 Å². The van der Waals surface area contributed by atoms with Gasteiger partial charge in [-0.1, -0.05) is 0 Å². The Morgan fingerprint density at radius 2 is 1.50 bits per heavy atom. The monoisotopic (exact) mass is 588 g/mol. The number of benzene rings is 2. The molecule has 5 rings (SSSR count). The number of hydrogen-bond acceptors (Lipinski definition) is 13. The number of methoxy groups -OCH3 is 4. The molecule has 0 aromatic heterocycles. The van der Waals surface area contributed by atoms with E-state index in [0.29, 0.717) is 0 Å².